The first-order chi connectivity index (χ1) is 20.2. The molecular formula is C35H50Cl3FN4O2. The fourth-order valence-electron chi connectivity index (χ4n) is 7.64. The number of aliphatic carboxylic acids is 1. The van der Waals surface area contributed by atoms with Gasteiger partial charge in [-0.15, -0.1) is 37.2 Å². The number of aryl methyl sites for hydroxylation is 1. The predicted octanol–water partition coefficient (Wildman–Crippen LogP) is 7.68. The van der Waals surface area contributed by atoms with Crippen LogP contribution in [0, 0.1) is 17.7 Å². The van der Waals surface area contributed by atoms with E-state index in [1.165, 1.54) is 17.3 Å². The minimum Gasteiger partial charge on any atom is -0.480 e. The van der Waals surface area contributed by atoms with Crippen molar-refractivity contribution in [2.24, 2.45) is 11.8 Å². The van der Waals surface area contributed by atoms with E-state index in [-0.39, 0.29) is 60.9 Å². The highest BCUT2D eigenvalue weighted by atomic mass is 35.5. The van der Waals surface area contributed by atoms with Crippen molar-refractivity contribution in [1.29, 1.82) is 0 Å². The van der Waals surface area contributed by atoms with Gasteiger partial charge in [0.2, 0.25) is 0 Å². The van der Waals surface area contributed by atoms with E-state index in [9.17, 15) is 14.3 Å². The number of halogens is 4. The number of hydrogen-bond acceptors (Lipinski definition) is 4. The molecule has 1 saturated carbocycles. The van der Waals surface area contributed by atoms with E-state index in [1.807, 2.05) is 27.0 Å². The molecule has 0 amide bonds. The summed E-state index contributed by atoms with van der Waals surface area (Å²) in [5.41, 5.74) is 4.83. The second-order valence-electron chi connectivity index (χ2n) is 12.9. The van der Waals surface area contributed by atoms with Crippen molar-refractivity contribution in [3.63, 3.8) is 0 Å². The Bertz CT molecular complexity index is 1330. The first kappa shape index (κ1) is 39.0. The molecule has 250 valence electrons. The lowest BCUT2D eigenvalue weighted by molar-refractivity contribution is -0.145. The number of piperidine rings is 1. The van der Waals surface area contributed by atoms with E-state index in [1.54, 1.807) is 12.1 Å². The normalized spacial score (nSPS) is 21.2. The molecule has 1 N–H and O–H groups in total. The number of carboxylic acid groups (broad SMARTS) is 1. The monoisotopic (exact) mass is 682 g/mol. The largest absolute Gasteiger partial charge is 0.480 e. The van der Waals surface area contributed by atoms with Gasteiger partial charge in [0.1, 0.15) is 11.9 Å². The summed E-state index contributed by atoms with van der Waals surface area (Å²) < 4.78 is 16.5. The van der Waals surface area contributed by atoms with Crippen LogP contribution < -0.4 is 0 Å². The van der Waals surface area contributed by atoms with Crippen molar-refractivity contribution >= 4 is 43.2 Å². The van der Waals surface area contributed by atoms with Crippen molar-refractivity contribution in [3.8, 4) is 0 Å². The van der Waals surface area contributed by atoms with Gasteiger partial charge in [-0.05, 0) is 99.8 Å². The molecule has 3 aromatic rings. The Morgan fingerprint density at radius 2 is 1.71 bits per heavy atom. The molecular weight excluding hydrogens is 634 g/mol. The van der Waals surface area contributed by atoms with Crippen LogP contribution in [0.4, 0.5) is 4.39 Å². The van der Waals surface area contributed by atoms with Gasteiger partial charge in [0.25, 0.3) is 0 Å². The zero-order valence-electron chi connectivity index (χ0n) is 26.8. The molecule has 2 aromatic carbocycles. The molecule has 1 aliphatic carbocycles. The fourth-order valence-corrected chi connectivity index (χ4v) is 7.64. The highest BCUT2D eigenvalue weighted by Gasteiger charge is 2.42. The SMILES string of the molecule is CCn1nc(Cc2ccccc2)cc1C1CCN(CC2CC(N(C)[C@@H](C(=O)O)C(C)C)CC2c2cccc(F)c2)CC1.Cl.Cl.Cl. The lowest BCUT2D eigenvalue weighted by atomic mass is 9.87. The number of rotatable bonds is 11. The second kappa shape index (κ2) is 17.7. The van der Waals surface area contributed by atoms with Gasteiger partial charge in [0.05, 0.1) is 5.69 Å². The quantitative estimate of drug-likeness (QED) is 0.225. The molecule has 2 fully saturated rings. The van der Waals surface area contributed by atoms with E-state index in [4.69, 9.17) is 5.10 Å². The molecule has 5 rings (SSSR count). The number of carboxylic acids is 1. The van der Waals surface area contributed by atoms with Gasteiger partial charge in [-0.2, -0.15) is 5.10 Å². The van der Waals surface area contributed by atoms with Crippen LogP contribution in [0.3, 0.4) is 0 Å². The van der Waals surface area contributed by atoms with Crippen LogP contribution in [0.25, 0.3) is 0 Å². The molecule has 3 unspecified atom stereocenters. The maximum Gasteiger partial charge on any atom is 0.321 e. The number of carbonyl (C=O) groups is 1. The van der Waals surface area contributed by atoms with Crippen LogP contribution in [-0.4, -0.2) is 69.4 Å². The zero-order valence-corrected chi connectivity index (χ0v) is 29.3. The molecule has 4 atom stereocenters. The summed E-state index contributed by atoms with van der Waals surface area (Å²) >= 11 is 0. The smallest absolute Gasteiger partial charge is 0.321 e. The van der Waals surface area contributed by atoms with Gasteiger partial charge in [-0.3, -0.25) is 14.4 Å². The summed E-state index contributed by atoms with van der Waals surface area (Å²) in [7, 11) is 1.96. The van der Waals surface area contributed by atoms with Gasteiger partial charge in [0.15, 0.2) is 0 Å². The third-order valence-electron chi connectivity index (χ3n) is 9.73. The molecule has 1 aliphatic heterocycles. The lowest BCUT2D eigenvalue weighted by Gasteiger charge is -2.35. The Labute approximate surface area is 287 Å². The van der Waals surface area contributed by atoms with Crippen LogP contribution >= 0.6 is 37.2 Å². The molecule has 10 heteroatoms. The Hall–Kier alpha value is -2.16. The average molecular weight is 684 g/mol. The predicted molar refractivity (Wildman–Crippen MR) is 187 cm³/mol. The van der Waals surface area contributed by atoms with Gasteiger partial charge < -0.3 is 10.0 Å². The number of nitrogens with zero attached hydrogens (tertiary/aromatic N) is 4. The van der Waals surface area contributed by atoms with Gasteiger partial charge in [-0.25, -0.2) is 4.39 Å². The number of aromatic nitrogens is 2. The number of likely N-dealkylation sites (N-methyl/N-ethyl adjacent to an activating group) is 1. The number of benzene rings is 2. The van der Waals surface area contributed by atoms with E-state index < -0.39 is 12.0 Å². The Morgan fingerprint density at radius 1 is 1.02 bits per heavy atom. The second-order valence-corrected chi connectivity index (χ2v) is 12.9. The summed E-state index contributed by atoms with van der Waals surface area (Å²) in [6, 6.07) is 19.5. The highest BCUT2D eigenvalue weighted by Crippen LogP contribution is 2.43. The summed E-state index contributed by atoms with van der Waals surface area (Å²) in [6.45, 7) is 10.0. The zero-order chi connectivity index (χ0) is 29.8. The van der Waals surface area contributed by atoms with Gasteiger partial charge in [-0.1, -0.05) is 56.3 Å². The van der Waals surface area contributed by atoms with Gasteiger partial charge in [0, 0.05) is 37.2 Å². The Kier molecular flexibility index (Phi) is 15.3. The Balaban J connectivity index is 0.00000235. The van der Waals surface area contributed by atoms with E-state index in [2.05, 4.69) is 57.8 Å². The molecule has 0 bridgehead atoms. The molecule has 1 saturated heterocycles. The maximum absolute atomic E-state index is 14.3. The van der Waals surface area contributed by atoms with Crippen LogP contribution in [0.15, 0.2) is 60.7 Å². The van der Waals surface area contributed by atoms with Crippen molar-refractivity contribution in [3.05, 3.63) is 89.0 Å². The van der Waals surface area contributed by atoms with Crippen molar-refractivity contribution < 1.29 is 14.3 Å². The lowest BCUT2D eigenvalue weighted by Crippen LogP contribution is -2.47. The summed E-state index contributed by atoms with van der Waals surface area (Å²) in [6.07, 6.45) is 4.85. The van der Waals surface area contributed by atoms with E-state index in [0.29, 0.717) is 11.8 Å². The minimum absolute atomic E-state index is 0. The first-order valence-electron chi connectivity index (χ1n) is 15.8. The fraction of sp³-hybridized carbons (Fsp3) is 0.543. The summed E-state index contributed by atoms with van der Waals surface area (Å²) in [4.78, 5) is 16.8. The summed E-state index contributed by atoms with van der Waals surface area (Å²) in [5, 5.41) is 14.9. The molecule has 6 nitrogen and oxygen atoms in total. The molecule has 0 spiro atoms. The van der Waals surface area contributed by atoms with Crippen molar-refractivity contribution in [2.75, 3.05) is 26.7 Å². The topological polar surface area (TPSA) is 61.6 Å². The van der Waals surface area contributed by atoms with Crippen LogP contribution in [0.2, 0.25) is 0 Å². The molecule has 2 heterocycles. The van der Waals surface area contributed by atoms with E-state index >= 15 is 0 Å². The number of likely N-dealkylation sites (tertiary alicyclic amines) is 1. The Morgan fingerprint density at radius 3 is 2.31 bits per heavy atom. The van der Waals surface area contributed by atoms with Crippen molar-refractivity contribution in [2.45, 2.75) is 83.3 Å². The van der Waals surface area contributed by atoms with E-state index in [0.717, 1.165) is 69.5 Å². The molecule has 0 radical (unpaired) electrons. The van der Waals surface area contributed by atoms with Crippen LogP contribution in [0.1, 0.15) is 80.8 Å². The third kappa shape index (κ3) is 9.45. The maximum atomic E-state index is 14.3. The number of hydrogen-bond donors (Lipinski definition) is 1. The highest BCUT2D eigenvalue weighted by molar-refractivity contribution is 5.86. The molecule has 1 aromatic heterocycles. The average Bonchev–Trinajstić information content (AvgIpc) is 3.58. The molecule has 2 aliphatic rings. The van der Waals surface area contributed by atoms with Crippen LogP contribution in [0.5, 0.6) is 0 Å². The summed E-state index contributed by atoms with van der Waals surface area (Å²) in [5.74, 6) is 0.128. The first-order valence-corrected chi connectivity index (χ1v) is 15.8. The third-order valence-corrected chi connectivity index (χ3v) is 9.73. The van der Waals surface area contributed by atoms with Gasteiger partial charge >= 0.3 is 5.97 Å². The molecule has 45 heavy (non-hydrogen) atoms. The minimum atomic E-state index is -0.765. The van der Waals surface area contributed by atoms with Crippen LogP contribution in [-0.2, 0) is 17.8 Å². The van der Waals surface area contributed by atoms with Crippen molar-refractivity contribution in [1.82, 2.24) is 19.6 Å². The standard InChI is InChI=1S/C35H47FN4O2.3ClH/c1-5-40-33(21-30(37-40)18-25-10-7-6-8-11-25)26-14-16-39(17-15-26)23-28-20-31(38(4)34(24(2)3)35(41)42)22-32(28)27-12-9-13-29(36)19-27;;;/h6-13,19,21,24,26,28,31-32,34H,5,14-18,20,22-23H2,1-4H3,(H,41,42);3*1H/t28?,31?,32?,34-;;;/m1.../s1.